The number of hydrogen-bond donors (Lipinski definition) is 1. The molecule has 1 aliphatic carbocycles. The fourth-order valence-corrected chi connectivity index (χ4v) is 2.07. The van der Waals surface area contributed by atoms with E-state index in [-0.39, 0.29) is 6.42 Å². The van der Waals surface area contributed by atoms with Crippen molar-refractivity contribution in [2.24, 2.45) is 5.92 Å². The van der Waals surface area contributed by atoms with E-state index in [1.54, 1.807) is 6.20 Å². The summed E-state index contributed by atoms with van der Waals surface area (Å²) in [5.41, 5.74) is 5.37. The van der Waals surface area contributed by atoms with Gasteiger partial charge in [0, 0.05) is 18.9 Å². The van der Waals surface area contributed by atoms with Crippen LogP contribution < -0.4 is 5.73 Å². The highest BCUT2D eigenvalue weighted by molar-refractivity contribution is 5.19. The lowest BCUT2D eigenvalue weighted by molar-refractivity contribution is -0.0408. The molecule has 0 aromatic carbocycles. The molecule has 1 atom stereocenters. The van der Waals surface area contributed by atoms with Crippen LogP contribution in [0.2, 0.25) is 0 Å². The Morgan fingerprint density at radius 1 is 1.60 bits per heavy atom. The minimum atomic E-state index is -2.49. The van der Waals surface area contributed by atoms with Crippen LogP contribution in [0, 0.1) is 5.92 Å². The number of halogens is 2. The van der Waals surface area contributed by atoms with Gasteiger partial charge in [-0.05, 0) is 19.3 Å². The van der Waals surface area contributed by atoms with E-state index < -0.39 is 11.8 Å². The monoisotopic (exact) mass is 216 g/mol. The molecule has 1 saturated carbocycles. The van der Waals surface area contributed by atoms with Crippen LogP contribution in [0.4, 0.5) is 14.6 Å². The molecule has 0 aliphatic heterocycles. The number of aryl methyl sites for hydroxylation is 1. The molecule has 0 radical (unpaired) electrons. The molecule has 0 saturated heterocycles. The van der Waals surface area contributed by atoms with Crippen molar-refractivity contribution in [2.45, 2.75) is 38.2 Å². The third-order valence-electron chi connectivity index (χ3n) is 2.92. The van der Waals surface area contributed by atoms with E-state index >= 15 is 0 Å². The fourth-order valence-electron chi connectivity index (χ4n) is 2.07. The average Bonchev–Trinajstić information content (AvgIpc) is 2.69. The predicted octanol–water partition coefficient (Wildman–Crippen LogP) is 1.69. The molecule has 84 valence electrons. The number of nitrogens with two attached hydrogens (primary N) is 1. The van der Waals surface area contributed by atoms with Gasteiger partial charge in [0.1, 0.15) is 0 Å². The van der Waals surface area contributed by atoms with Gasteiger partial charge in [0.2, 0.25) is 0 Å². The van der Waals surface area contributed by atoms with Gasteiger partial charge in [-0.25, -0.2) is 8.78 Å². The van der Waals surface area contributed by atoms with E-state index in [0.29, 0.717) is 31.6 Å². The highest BCUT2D eigenvalue weighted by atomic mass is 19.3. The van der Waals surface area contributed by atoms with Crippen LogP contribution in [0.5, 0.6) is 0 Å². The number of nitrogen functional groups attached to an aromatic ring is 1. The third kappa shape index (κ3) is 2.24. The zero-order valence-corrected chi connectivity index (χ0v) is 8.37. The van der Waals surface area contributed by atoms with E-state index in [1.807, 2.05) is 0 Å². The lowest BCUT2D eigenvalue weighted by Crippen LogP contribution is -2.23. The maximum atomic E-state index is 13.2. The minimum Gasteiger partial charge on any atom is -0.381 e. The van der Waals surface area contributed by atoms with Gasteiger partial charge in [0.25, 0.3) is 5.92 Å². The maximum absolute atomic E-state index is 13.2. The Morgan fingerprint density at radius 2 is 2.40 bits per heavy atom. The average molecular weight is 216 g/mol. The molecule has 1 aliphatic rings. The fraction of sp³-hybridized carbons (Fsp3) is 0.778. The molecule has 15 heavy (non-hydrogen) atoms. The molecule has 2 N–H and O–H groups in total. The summed E-state index contributed by atoms with van der Waals surface area (Å²) < 4.78 is 28.0. The second-order valence-electron chi connectivity index (χ2n) is 4.05. The molecule has 6 heteroatoms. The van der Waals surface area contributed by atoms with Crippen molar-refractivity contribution in [3.05, 3.63) is 6.20 Å². The Labute approximate surface area is 86.4 Å². The summed E-state index contributed by atoms with van der Waals surface area (Å²) in [7, 11) is 0. The summed E-state index contributed by atoms with van der Waals surface area (Å²) in [6.45, 7) is 0.463. The van der Waals surface area contributed by atoms with Crippen molar-refractivity contribution in [3.63, 3.8) is 0 Å². The van der Waals surface area contributed by atoms with Crippen LogP contribution in [0.15, 0.2) is 6.20 Å². The number of nitrogens with zero attached hydrogens (tertiary/aromatic N) is 3. The van der Waals surface area contributed by atoms with Gasteiger partial charge < -0.3 is 5.73 Å². The van der Waals surface area contributed by atoms with E-state index in [9.17, 15) is 8.78 Å². The SMILES string of the molecule is Nc1cn(CCC2CCCC2(F)F)nn1. The van der Waals surface area contributed by atoms with Crippen molar-refractivity contribution < 1.29 is 8.78 Å². The van der Waals surface area contributed by atoms with E-state index in [2.05, 4.69) is 10.3 Å². The second-order valence-corrected chi connectivity index (χ2v) is 4.05. The van der Waals surface area contributed by atoms with Crippen LogP contribution in [-0.2, 0) is 6.54 Å². The number of alkyl halides is 2. The third-order valence-corrected chi connectivity index (χ3v) is 2.92. The van der Waals surface area contributed by atoms with E-state index in [4.69, 9.17) is 5.73 Å². The van der Waals surface area contributed by atoms with Gasteiger partial charge in [-0.1, -0.05) is 5.21 Å². The first kappa shape index (κ1) is 10.3. The zero-order chi connectivity index (χ0) is 10.9. The first-order valence-electron chi connectivity index (χ1n) is 5.11. The first-order chi connectivity index (χ1) is 7.08. The molecule has 0 spiro atoms. The molecule has 1 unspecified atom stereocenters. The summed E-state index contributed by atoms with van der Waals surface area (Å²) in [6.07, 6.45) is 3.26. The van der Waals surface area contributed by atoms with Crippen molar-refractivity contribution >= 4 is 5.82 Å². The van der Waals surface area contributed by atoms with Crippen LogP contribution in [0.3, 0.4) is 0 Å². The summed E-state index contributed by atoms with van der Waals surface area (Å²) in [5.74, 6) is -2.68. The number of rotatable bonds is 3. The van der Waals surface area contributed by atoms with Gasteiger partial charge in [-0.3, -0.25) is 4.68 Å². The molecule has 4 nitrogen and oxygen atoms in total. The van der Waals surface area contributed by atoms with E-state index in [0.717, 1.165) is 0 Å². The normalized spacial score (nSPS) is 24.5. The predicted molar refractivity (Wildman–Crippen MR) is 51.3 cm³/mol. The number of hydrogen-bond acceptors (Lipinski definition) is 3. The number of aromatic nitrogens is 3. The Kier molecular flexibility index (Phi) is 2.58. The Bertz CT molecular complexity index is 337. The smallest absolute Gasteiger partial charge is 0.251 e. The van der Waals surface area contributed by atoms with Gasteiger partial charge in [-0.15, -0.1) is 5.10 Å². The van der Waals surface area contributed by atoms with Gasteiger partial charge in [-0.2, -0.15) is 0 Å². The number of anilines is 1. The van der Waals surface area contributed by atoms with Crippen molar-refractivity contribution in [3.8, 4) is 0 Å². The van der Waals surface area contributed by atoms with Gasteiger partial charge in [0.15, 0.2) is 5.82 Å². The molecule has 2 rings (SSSR count). The standard InChI is InChI=1S/C9H14F2N4/c10-9(11)4-1-2-7(9)3-5-15-6-8(12)13-14-15/h6-7H,1-5,12H2. The van der Waals surface area contributed by atoms with Crippen molar-refractivity contribution in [1.82, 2.24) is 15.0 Å². The summed E-state index contributed by atoms with van der Waals surface area (Å²) in [5, 5.41) is 7.32. The largest absolute Gasteiger partial charge is 0.381 e. The lowest BCUT2D eigenvalue weighted by atomic mass is 10.0. The van der Waals surface area contributed by atoms with Gasteiger partial charge >= 0.3 is 0 Å². The Balaban J connectivity index is 1.88. The second kappa shape index (κ2) is 3.75. The van der Waals surface area contributed by atoms with Crippen LogP contribution in [0.25, 0.3) is 0 Å². The molecule has 1 aromatic heterocycles. The molecule has 0 amide bonds. The summed E-state index contributed by atoms with van der Waals surface area (Å²) in [6, 6.07) is 0. The minimum absolute atomic E-state index is 0.0250. The first-order valence-corrected chi connectivity index (χ1v) is 5.11. The molecule has 1 heterocycles. The molecular weight excluding hydrogens is 202 g/mol. The van der Waals surface area contributed by atoms with E-state index in [1.165, 1.54) is 4.68 Å². The summed E-state index contributed by atoms with van der Waals surface area (Å²) >= 11 is 0. The highest BCUT2D eigenvalue weighted by Gasteiger charge is 2.43. The lowest BCUT2D eigenvalue weighted by Gasteiger charge is -2.18. The Morgan fingerprint density at radius 3 is 2.93 bits per heavy atom. The van der Waals surface area contributed by atoms with Crippen molar-refractivity contribution in [1.29, 1.82) is 0 Å². The Hall–Kier alpha value is -1.20. The zero-order valence-electron chi connectivity index (χ0n) is 8.37. The maximum Gasteiger partial charge on any atom is 0.251 e. The van der Waals surface area contributed by atoms with Crippen LogP contribution >= 0.6 is 0 Å². The van der Waals surface area contributed by atoms with Crippen LogP contribution in [0.1, 0.15) is 25.7 Å². The topological polar surface area (TPSA) is 56.7 Å². The van der Waals surface area contributed by atoms with Crippen molar-refractivity contribution in [2.75, 3.05) is 5.73 Å². The molecule has 0 bridgehead atoms. The van der Waals surface area contributed by atoms with Gasteiger partial charge in [0.05, 0.1) is 6.20 Å². The molecule has 1 fully saturated rings. The highest BCUT2D eigenvalue weighted by Crippen LogP contribution is 2.42. The van der Waals surface area contributed by atoms with Crippen LogP contribution in [-0.4, -0.2) is 20.9 Å². The summed E-state index contributed by atoms with van der Waals surface area (Å²) in [4.78, 5) is 0. The quantitative estimate of drug-likeness (QED) is 0.836. The molecule has 1 aromatic rings. The molecular formula is C9H14F2N4.